The number of nitrogens with one attached hydrogen (secondary N) is 1. The predicted molar refractivity (Wildman–Crippen MR) is 69.0 cm³/mol. The summed E-state index contributed by atoms with van der Waals surface area (Å²) in [7, 11) is 0. The Morgan fingerprint density at radius 2 is 1.95 bits per heavy atom. The summed E-state index contributed by atoms with van der Waals surface area (Å²) in [6.07, 6.45) is 1.40. The maximum Gasteiger partial charge on any atom is 0.328 e. The van der Waals surface area contributed by atoms with Gasteiger partial charge in [-0.15, -0.1) is 0 Å². The summed E-state index contributed by atoms with van der Waals surface area (Å²) in [6.45, 7) is 1.47. The molecular weight excluding hydrogens is 246 g/mol. The first kappa shape index (κ1) is 12.8. The molecule has 1 heterocycles. The number of benzene rings is 1. The summed E-state index contributed by atoms with van der Waals surface area (Å²) in [5.74, 6) is -1.44. The Labute approximate surface area is 109 Å². The highest BCUT2D eigenvalue weighted by Gasteiger charge is 2.20. The number of carboxylic acid groups (broad SMARTS) is 1. The van der Waals surface area contributed by atoms with Crippen LogP contribution in [-0.2, 0) is 4.79 Å². The Hall–Kier alpha value is -2.63. The highest BCUT2D eigenvalue weighted by Crippen LogP contribution is 2.12. The molecule has 0 spiro atoms. The lowest BCUT2D eigenvalue weighted by molar-refractivity contribution is -0.140. The number of carbonyl (C=O) groups is 2. The van der Waals surface area contributed by atoms with Crippen LogP contribution in [0, 0.1) is 0 Å². The summed E-state index contributed by atoms with van der Waals surface area (Å²) in [5, 5.41) is 15.5. The van der Waals surface area contributed by atoms with Gasteiger partial charge in [0.15, 0.2) is 0 Å². The van der Waals surface area contributed by atoms with Gasteiger partial charge in [0.2, 0.25) is 0 Å². The van der Waals surface area contributed by atoms with Crippen LogP contribution >= 0.6 is 0 Å². The van der Waals surface area contributed by atoms with E-state index in [-0.39, 0.29) is 5.69 Å². The van der Waals surface area contributed by atoms with Crippen molar-refractivity contribution in [3.05, 3.63) is 48.3 Å². The monoisotopic (exact) mass is 259 g/mol. The number of para-hydroxylation sites is 1. The zero-order valence-electron chi connectivity index (χ0n) is 10.3. The molecule has 0 radical (unpaired) electrons. The molecule has 0 aliphatic heterocycles. The molecular formula is C13H13N3O3. The van der Waals surface area contributed by atoms with Gasteiger partial charge in [-0.2, -0.15) is 5.10 Å². The highest BCUT2D eigenvalue weighted by atomic mass is 16.4. The van der Waals surface area contributed by atoms with Crippen LogP contribution in [0.2, 0.25) is 0 Å². The average molecular weight is 259 g/mol. The minimum atomic E-state index is -1.04. The number of anilines is 1. The first-order valence-electron chi connectivity index (χ1n) is 5.72. The van der Waals surface area contributed by atoms with Crippen molar-refractivity contribution in [2.24, 2.45) is 0 Å². The van der Waals surface area contributed by atoms with Gasteiger partial charge in [0.05, 0.1) is 0 Å². The molecule has 6 heteroatoms. The van der Waals surface area contributed by atoms with E-state index in [9.17, 15) is 9.59 Å². The first-order valence-corrected chi connectivity index (χ1v) is 5.72. The van der Waals surface area contributed by atoms with Crippen molar-refractivity contribution in [3.8, 4) is 0 Å². The second-order valence-corrected chi connectivity index (χ2v) is 4.00. The molecule has 0 bridgehead atoms. The normalized spacial score (nSPS) is 11.8. The molecule has 1 unspecified atom stereocenters. The lowest BCUT2D eigenvalue weighted by Gasteiger charge is -2.11. The van der Waals surface area contributed by atoms with Crippen molar-refractivity contribution in [2.45, 2.75) is 13.0 Å². The van der Waals surface area contributed by atoms with E-state index >= 15 is 0 Å². The van der Waals surface area contributed by atoms with E-state index in [4.69, 9.17) is 5.11 Å². The number of aromatic nitrogens is 2. The SMILES string of the molecule is CC(C(=O)O)n1nccc1C(=O)Nc1ccccc1. The zero-order chi connectivity index (χ0) is 13.8. The lowest BCUT2D eigenvalue weighted by atomic mass is 10.3. The number of rotatable bonds is 4. The second-order valence-electron chi connectivity index (χ2n) is 4.00. The van der Waals surface area contributed by atoms with Gasteiger partial charge in [0.1, 0.15) is 11.7 Å². The Morgan fingerprint density at radius 1 is 1.26 bits per heavy atom. The number of hydrogen-bond donors (Lipinski definition) is 2. The molecule has 0 fully saturated rings. The van der Waals surface area contributed by atoms with E-state index in [1.165, 1.54) is 23.9 Å². The smallest absolute Gasteiger partial charge is 0.328 e. The number of carbonyl (C=O) groups excluding carboxylic acids is 1. The Bertz CT molecular complexity index is 592. The molecule has 6 nitrogen and oxygen atoms in total. The van der Waals surface area contributed by atoms with Crippen molar-refractivity contribution in [1.82, 2.24) is 9.78 Å². The van der Waals surface area contributed by atoms with Gasteiger partial charge in [-0.3, -0.25) is 4.79 Å². The van der Waals surface area contributed by atoms with Crippen LogP contribution < -0.4 is 5.32 Å². The number of hydrogen-bond acceptors (Lipinski definition) is 3. The fourth-order valence-corrected chi connectivity index (χ4v) is 1.62. The van der Waals surface area contributed by atoms with Crippen LogP contribution in [-0.4, -0.2) is 26.8 Å². The quantitative estimate of drug-likeness (QED) is 0.876. The van der Waals surface area contributed by atoms with Gasteiger partial charge >= 0.3 is 5.97 Å². The molecule has 98 valence electrons. The number of carboxylic acids is 1. The number of nitrogens with zero attached hydrogens (tertiary/aromatic N) is 2. The van der Waals surface area contributed by atoms with Gasteiger partial charge in [0.25, 0.3) is 5.91 Å². The second kappa shape index (κ2) is 5.34. The largest absolute Gasteiger partial charge is 0.480 e. The van der Waals surface area contributed by atoms with Crippen LogP contribution in [0.5, 0.6) is 0 Å². The topological polar surface area (TPSA) is 84.2 Å². The fraction of sp³-hybridized carbons (Fsp3) is 0.154. The van der Waals surface area contributed by atoms with Crippen molar-refractivity contribution in [2.75, 3.05) is 5.32 Å². The van der Waals surface area contributed by atoms with Crippen molar-refractivity contribution in [1.29, 1.82) is 0 Å². The highest BCUT2D eigenvalue weighted by molar-refractivity contribution is 6.03. The number of aliphatic carboxylic acids is 1. The van der Waals surface area contributed by atoms with E-state index in [2.05, 4.69) is 10.4 Å². The van der Waals surface area contributed by atoms with E-state index < -0.39 is 17.9 Å². The fourth-order valence-electron chi connectivity index (χ4n) is 1.62. The average Bonchev–Trinajstić information content (AvgIpc) is 2.88. The summed E-state index contributed by atoms with van der Waals surface area (Å²) in [5.41, 5.74) is 0.849. The third kappa shape index (κ3) is 2.79. The minimum Gasteiger partial charge on any atom is -0.480 e. The van der Waals surface area contributed by atoms with Crippen LogP contribution in [0.1, 0.15) is 23.5 Å². The molecule has 2 N–H and O–H groups in total. The molecule has 1 atom stereocenters. The van der Waals surface area contributed by atoms with E-state index in [0.29, 0.717) is 5.69 Å². The standard InChI is InChI=1S/C13H13N3O3/c1-9(13(18)19)16-11(7-8-14-16)12(17)15-10-5-3-2-4-6-10/h2-9H,1H3,(H,15,17)(H,18,19). The summed E-state index contributed by atoms with van der Waals surface area (Å²) in [4.78, 5) is 23.0. The molecule has 2 aromatic rings. The van der Waals surface area contributed by atoms with Crippen LogP contribution in [0.4, 0.5) is 5.69 Å². The molecule has 0 saturated heterocycles. The number of amides is 1. The van der Waals surface area contributed by atoms with Crippen LogP contribution in [0.15, 0.2) is 42.6 Å². The molecule has 1 aromatic heterocycles. The zero-order valence-corrected chi connectivity index (χ0v) is 10.3. The molecule has 0 aliphatic carbocycles. The van der Waals surface area contributed by atoms with E-state index in [1.807, 2.05) is 6.07 Å². The molecule has 19 heavy (non-hydrogen) atoms. The van der Waals surface area contributed by atoms with Crippen molar-refractivity contribution in [3.63, 3.8) is 0 Å². The summed E-state index contributed by atoms with van der Waals surface area (Å²) >= 11 is 0. The van der Waals surface area contributed by atoms with Gasteiger partial charge in [-0.05, 0) is 25.1 Å². The molecule has 0 aliphatic rings. The van der Waals surface area contributed by atoms with Crippen molar-refractivity contribution >= 4 is 17.6 Å². The third-order valence-corrected chi connectivity index (χ3v) is 2.66. The molecule has 1 aromatic carbocycles. The van der Waals surface area contributed by atoms with Gasteiger partial charge in [-0.25, -0.2) is 9.48 Å². The van der Waals surface area contributed by atoms with Gasteiger partial charge < -0.3 is 10.4 Å². The first-order chi connectivity index (χ1) is 9.09. The maximum absolute atomic E-state index is 12.1. The Morgan fingerprint density at radius 3 is 2.58 bits per heavy atom. The molecule has 2 rings (SSSR count). The predicted octanol–water partition coefficient (Wildman–Crippen LogP) is 1.78. The van der Waals surface area contributed by atoms with Crippen LogP contribution in [0.3, 0.4) is 0 Å². The maximum atomic E-state index is 12.1. The Balaban J connectivity index is 2.21. The van der Waals surface area contributed by atoms with Crippen LogP contribution in [0.25, 0.3) is 0 Å². The van der Waals surface area contributed by atoms with Gasteiger partial charge in [-0.1, -0.05) is 18.2 Å². The van der Waals surface area contributed by atoms with E-state index in [0.717, 1.165) is 0 Å². The molecule has 0 saturated carbocycles. The molecule has 1 amide bonds. The minimum absolute atomic E-state index is 0.207. The summed E-state index contributed by atoms with van der Waals surface area (Å²) in [6, 6.07) is 9.52. The van der Waals surface area contributed by atoms with E-state index in [1.54, 1.807) is 24.3 Å². The van der Waals surface area contributed by atoms with Gasteiger partial charge in [0, 0.05) is 11.9 Å². The van der Waals surface area contributed by atoms with Crippen molar-refractivity contribution < 1.29 is 14.7 Å². The summed E-state index contributed by atoms with van der Waals surface area (Å²) < 4.78 is 1.18. The lowest BCUT2D eigenvalue weighted by Crippen LogP contribution is -2.24. The Kier molecular flexibility index (Phi) is 3.61. The third-order valence-electron chi connectivity index (χ3n) is 2.66.